The molecule has 0 aromatic rings. The van der Waals surface area contributed by atoms with Crippen LogP contribution in [0.2, 0.25) is 0 Å². The van der Waals surface area contributed by atoms with Gasteiger partial charge in [-0.05, 0) is 6.92 Å². The Kier molecular flexibility index (Phi) is 28.4. The molecule has 0 bridgehead atoms. The summed E-state index contributed by atoms with van der Waals surface area (Å²) in [6.07, 6.45) is -1.34. The summed E-state index contributed by atoms with van der Waals surface area (Å²) in [7, 11) is 0. The van der Waals surface area contributed by atoms with Crippen LogP contribution in [0.3, 0.4) is 0 Å². The standard InChI is InChI=1S/C3H6O3.ClH.Mg.H2O/c1-2(4)3(5)6;;;/h2,4H,1H3,(H,5,6);1H;;1H2/q;;+2;/p-2. The van der Waals surface area contributed by atoms with Gasteiger partial charge in [0.05, 0.1) is 12.1 Å². The Morgan fingerprint density at radius 2 is 1.78 bits per heavy atom. The summed E-state index contributed by atoms with van der Waals surface area (Å²) in [5.41, 5.74) is 0. The van der Waals surface area contributed by atoms with Crippen molar-refractivity contribution in [3.63, 3.8) is 0 Å². The Balaban J connectivity index is -0.0000000417. The van der Waals surface area contributed by atoms with Gasteiger partial charge in [0, 0.05) is 0 Å². The van der Waals surface area contributed by atoms with Gasteiger partial charge in [-0.25, -0.2) is 0 Å². The predicted molar refractivity (Wildman–Crippen MR) is 26.1 cm³/mol. The first-order valence-corrected chi connectivity index (χ1v) is 1.53. The van der Waals surface area contributed by atoms with E-state index in [2.05, 4.69) is 0 Å². The van der Waals surface area contributed by atoms with E-state index in [9.17, 15) is 9.90 Å². The minimum absolute atomic E-state index is 0. The van der Waals surface area contributed by atoms with Crippen molar-refractivity contribution in [2.75, 3.05) is 0 Å². The number of aliphatic carboxylic acids is 1. The number of carbonyl (C=O) groups is 1. The summed E-state index contributed by atoms with van der Waals surface area (Å²) in [4.78, 5) is 9.34. The number of carbonyl (C=O) groups excluding carboxylic acids is 1. The number of carboxylic acids is 1. The molecule has 0 saturated carbocycles. The fourth-order valence-electron chi connectivity index (χ4n) is 0. The topological polar surface area (TPSA) is 91.9 Å². The first-order chi connectivity index (χ1) is 2.64. The molecule has 0 fully saturated rings. The van der Waals surface area contributed by atoms with E-state index in [0.29, 0.717) is 0 Å². The number of rotatable bonds is 1. The summed E-state index contributed by atoms with van der Waals surface area (Å²) in [6, 6.07) is 0. The molecule has 0 aliphatic heterocycles. The molecule has 0 rings (SSSR count). The van der Waals surface area contributed by atoms with E-state index in [1.54, 1.807) is 0 Å². The molecule has 0 aliphatic rings. The van der Waals surface area contributed by atoms with Crippen molar-refractivity contribution >= 4 is 29.0 Å². The number of aliphatic hydroxyl groups is 1. The molecule has 0 heterocycles. The second kappa shape index (κ2) is 11.3. The zero-order valence-corrected chi connectivity index (χ0v) is 7.10. The second-order valence-electron chi connectivity index (χ2n) is 0.995. The van der Waals surface area contributed by atoms with Crippen LogP contribution in [0.4, 0.5) is 0 Å². The minimum Gasteiger partial charge on any atom is -1.00 e. The number of aliphatic hydroxyl groups excluding tert-OH is 1. The van der Waals surface area contributed by atoms with E-state index in [-0.39, 0.29) is 40.9 Å². The molecule has 4 nitrogen and oxygen atoms in total. The van der Waals surface area contributed by atoms with Crippen molar-refractivity contribution in [3.05, 3.63) is 0 Å². The third-order valence-corrected chi connectivity index (χ3v) is 0.341. The van der Waals surface area contributed by atoms with Crippen molar-refractivity contribution in [1.82, 2.24) is 0 Å². The van der Waals surface area contributed by atoms with Gasteiger partial charge in [-0.3, -0.25) is 0 Å². The fourth-order valence-corrected chi connectivity index (χ4v) is 0. The number of hydrogen-bond acceptors (Lipinski definition) is 3. The third kappa shape index (κ3) is 17.8. The molecule has 0 aliphatic carbocycles. The van der Waals surface area contributed by atoms with E-state index in [1.165, 1.54) is 0 Å². The molecule has 3 N–H and O–H groups in total. The van der Waals surface area contributed by atoms with Crippen LogP contribution >= 0.6 is 0 Å². The Morgan fingerprint density at radius 3 is 1.78 bits per heavy atom. The molecule has 1 unspecified atom stereocenters. The van der Waals surface area contributed by atoms with Crippen LogP contribution in [0.25, 0.3) is 0 Å². The van der Waals surface area contributed by atoms with Gasteiger partial charge < -0.3 is 32.9 Å². The summed E-state index contributed by atoms with van der Waals surface area (Å²) < 4.78 is 0. The number of carboxylic acid groups (broad SMARTS) is 1. The smallest absolute Gasteiger partial charge is 1.00 e. The van der Waals surface area contributed by atoms with Gasteiger partial charge in [-0.1, -0.05) is 0 Å². The zero-order chi connectivity index (χ0) is 5.15. The largest absolute Gasteiger partial charge is 2.00 e. The van der Waals surface area contributed by atoms with E-state index in [4.69, 9.17) is 5.11 Å². The van der Waals surface area contributed by atoms with E-state index < -0.39 is 12.1 Å². The first kappa shape index (κ1) is 22.7. The van der Waals surface area contributed by atoms with Gasteiger partial charge in [0.15, 0.2) is 0 Å². The monoisotopic (exact) mass is 166 g/mol. The van der Waals surface area contributed by atoms with Gasteiger partial charge in [-0.2, -0.15) is 0 Å². The average molecular weight is 167 g/mol. The zero-order valence-electron chi connectivity index (χ0n) is 4.93. The quantitative estimate of drug-likeness (QED) is 0.394. The van der Waals surface area contributed by atoms with Crippen molar-refractivity contribution < 1.29 is 32.9 Å². The van der Waals surface area contributed by atoms with Crippen LogP contribution in [-0.2, 0) is 4.79 Å². The summed E-state index contributed by atoms with van der Waals surface area (Å²) in [5.74, 6) is -1.44. The molecule has 0 aromatic carbocycles. The van der Waals surface area contributed by atoms with Crippen LogP contribution in [0.5, 0.6) is 0 Å². The molecule has 9 heavy (non-hydrogen) atoms. The van der Waals surface area contributed by atoms with E-state index in [0.717, 1.165) is 6.92 Å². The normalized spacial score (nSPS) is 9.11. The van der Waals surface area contributed by atoms with Gasteiger partial charge in [0.1, 0.15) is 0 Å². The van der Waals surface area contributed by atoms with Gasteiger partial charge in [-0.15, -0.1) is 0 Å². The number of hydrogen-bond donors (Lipinski definition) is 1. The Morgan fingerprint density at radius 1 is 1.67 bits per heavy atom. The maximum absolute atomic E-state index is 9.34. The molecular formula is C3H7ClMgO4. The van der Waals surface area contributed by atoms with Crippen LogP contribution < -0.4 is 17.5 Å². The Hall–Kier alpha value is 0.446. The number of halogens is 1. The van der Waals surface area contributed by atoms with Crippen molar-refractivity contribution in [3.8, 4) is 0 Å². The third-order valence-electron chi connectivity index (χ3n) is 0.341. The maximum Gasteiger partial charge on any atom is 2.00 e. The summed E-state index contributed by atoms with van der Waals surface area (Å²) in [5, 5.41) is 17.3. The van der Waals surface area contributed by atoms with Crippen LogP contribution in [0.1, 0.15) is 6.92 Å². The molecular weight excluding hydrogens is 160 g/mol. The van der Waals surface area contributed by atoms with Crippen LogP contribution in [0, 0.1) is 0 Å². The van der Waals surface area contributed by atoms with Gasteiger partial charge in [0.25, 0.3) is 0 Å². The molecule has 0 aromatic heterocycles. The Labute approximate surface area is 75.1 Å². The Bertz CT molecular complexity index is 66.8. The van der Waals surface area contributed by atoms with Crippen LogP contribution in [-0.4, -0.2) is 45.7 Å². The van der Waals surface area contributed by atoms with Gasteiger partial charge in [0.2, 0.25) is 0 Å². The average Bonchev–Trinajstić information content (AvgIpc) is 1.36. The summed E-state index contributed by atoms with van der Waals surface area (Å²) >= 11 is 0. The van der Waals surface area contributed by atoms with E-state index in [1.807, 2.05) is 0 Å². The van der Waals surface area contributed by atoms with E-state index >= 15 is 0 Å². The SMILES string of the molecule is CC(O)C(=O)[O-].O.[Cl-].[Mg+2]. The van der Waals surface area contributed by atoms with Crippen molar-refractivity contribution in [1.29, 1.82) is 0 Å². The molecule has 0 radical (unpaired) electrons. The molecule has 0 amide bonds. The minimum atomic E-state index is -1.44. The summed E-state index contributed by atoms with van der Waals surface area (Å²) in [6.45, 7) is 1.13. The fraction of sp³-hybridized carbons (Fsp3) is 0.667. The first-order valence-electron chi connectivity index (χ1n) is 1.53. The van der Waals surface area contributed by atoms with Crippen molar-refractivity contribution in [2.24, 2.45) is 0 Å². The second-order valence-corrected chi connectivity index (χ2v) is 0.995. The molecule has 0 spiro atoms. The molecule has 52 valence electrons. The predicted octanol–water partition coefficient (Wildman–Crippen LogP) is -6.08. The molecule has 0 saturated heterocycles. The van der Waals surface area contributed by atoms with Crippen LogP contribution in [0.15, 0.2) is 0 Å². The van der Waals surface area contributed by atoms with Crippen molar-refractivity contribution in [2.45, 2.75) is 13.0 Å². The maximum atomic E-state index is 9.34. The molecule has 6 heteroatoms. The molecule has 1 atom stereocenters. The van der Waals surface area contributed by atoms with Gasteiger partial charge >= 0.3 is 23.1 Å².